The van der Waals surface area contributed by atoms with Gasteiger partial charge in [0, 0.05) is 11.6 Å². The maximum Gasteiger partial charge on any atom is 0.329 e. The van der Waals surface area contributed by atoms with Crippen LogP contribution in [0.5, 0.6) is 0 Å². The van der Waals surface area contributed by atoms with Gasteiger partial charge < -0.3 is 21.1 Å². The van der Waals surface area contributed by atoms with Gasteiger partial charge in [0.15, 0.2) is 6.61 Å². The number of nitrogens with one attached hydrogen (secondary N) is 2. The molecule has 0 aliphatic rings. The van der Waals surface area contributed by atoms with E-state index in [0.717, 1.165) is 5.56 Å². The summed E-state index contributed by atoms with van der Waals surface area (Å²) in [5.41, 5.74) is 5.92. The van der Waals surface area contributed by atoms with E-state index in [1.807, 2.05) is 6.92 Å². The Bertz CT molecular complexity index is 577. The van der Waals surface area contributed by atoms with Gasteiger partial charge in [-0.3, -0.25) is 4.79 Å². The Balaban J connectivity index is 2.44. The predicted octanol–water partition coefficient (Wildman–Crippen LogP) is 1.58. The molecule has 1 rings (SSSR count). The van der Waals surface area contributed by atoms with Gasteiger partial charge in [0.25, 0.3) is 5.91 Å². The van der Waals surface area contributed by atoms with E-state index in [2.05, 4.69) is 10.6 Å². The van der Waals surface area contributed by atoms with Crippen LogP contribution in [0.1, 0.15) is 25.8 Å². The van der Waals surface area contributed by atoms with E-state index in [1.165, 1.54) is 0 Å². The first-order valence-electron chi connectivity index (χ1n) is 7.57. The first kappa shape index (κ1) is 19.8. The zero-order valence-corrected chi connectivity index (χ0v) is 14.4. The number of halogens is 1. The summed E-state index contributed by atoms with van der Waals surface area (Å²) in [4.78, 5) is 34.7. The summed E-state index contributed by atoms with van der Waals surface area (Å²) in [5.74, 6) is -1.30. The predicted molar refractivity (Wildman–Crippen MR) is 90.2 cm³/mol. The van der Waals surface area contributed by atoms with Crippen molar-refractivity contribution in [1.29, 1.82) is 0 Å². The fraction of sp³-hybridized carbons (Fsp3) is 0.438. The third-order valence-electron chi connectivity index (χ3n) is 3.51. The van der Waals surface area contributed by atoms with Crippen LogP contribution in [-0.4, -0.2) is 30.6 Å². The van der Waals surface area contributed by atoms with E-state index in [1.54, 1.807) is 31.2 Å². The molecule has 8 heteroatoms. The fourth-order valence-electron chi connectivity index (χ4n) is 1.90. The van der Waals surface area contributed by atoms with Crippen LogP contribution in [0, 0.1) is 5.92 Å². The Morgan fingerprint density at radius 2 is 1.88 bits per heavy atom. The van der Waals surface area contributed by atoms with Crippen molar-refractivity contribution in [2.45, 2.75) is 32.9 Å². The highest BCUT2D eigenvalue weighted by molar-refractivity contribution is 6.30. The summed E-state index contributed by atoms with van der Waals surface area (Å²) in [7, 11) is 0. The summed E-state index contributed by atoms with van der Waals surface area (Å²) < 4.78 is 4.95. The van der Waals surface area contributed by atoms with Crippen LogP contribution in [0.25, 0.3) is 0 Å². The second-order valence-corrected chi connectivity index (χ2v) is 5.82. The number of nitrogens with two attached hydrogens (primary N) is 1. The number of ether oxygens (including phenoxy) is 1. The summed E-state index contributed by atoms with van der Waals surface area (Å²) in [5, 5.41) is 5.57. The zero-order valence-electron chi connectivity index (χ0n) is 13.7. The van der Waals surface area contributed by atoms with Crippen molar-refractivity contribution in [3.05, 3.63) is 34.9 Å². The molecular formula is C16H22ClN3O4. The average Bonchev–Trinajstić information content (AvgIpc) is 2.56. The largest absolute Gasteiger partial charge is 0.454 e. The van der Waals surface area contributed by atoms with Gasteiger partial charge in [-0.1, -0.05) is 44.0 Å². The van der Waals surface area contributed by atoms with Crippen molar-refractivity contribution in [1.82, 2.24) is 10.6 Å². The molecule has 0 bridgehead atoms. The summed E-state index contributed by atoms with van der Waals surface area (Å²) >= 11 is 5.78. The molecule has 0 saturated carbocycles. The average molecular weight is 356 g/mol. The van der Waals surface area contributed by atoms with Gasteiger partial charge in [0.1, 0.15) is 6.04 Å². The van der Waals surface area contributed by atoms with Crippen LogP contribution in [0.2, 0.25) is 5.02 Å². The number of rotatable bonds is 8. The van der Waals surface area contributed by atoms with Crippen LogP contribution in [0.3, 0.4) is 0 Å². The van der Waals surface area contributed by atoms with E-state index in [0.29, 0.717) is 18.0 Å². The maximum absolute atomic E-state index is 12.0. The summed E-state index contributed by atoms with van der Waals surface area (Å²) in [6, 6.07) is 5.31. The van der Waals surface area contributed by atoms with Gasteiger partial charge in [-0.05, 0) is 23.6 Å². The van der Waals surface area contributed by atoms with Crippen molar-refractivity contribution in [3.8, 4) is 0 Å². The first-order valence-corrected chi connectivity index (χ1v) is 7.95. The van der Waals surface area contributed by atoms with Crippen LogP contribution < -0.4 is 16.4 Å². The molecule has 0 heterocycles. The molecule has 0 radical (unpaired) electrons. The van der Waals surface area contributed by atoms with Crippen molar-refractivity contribution in [2.75, 3.05) is 6.61 Å². The number of esters is 1. The molecular weight excluding hydrogens is 334 g/mol. The molecule has 24 heavy (non-hydrogen) atoms. The van der Waals surface area contributed by atoms with E-state index < -0.39 is 30.6 Å². The maximum atomic E-state index is 12.0. The number of primary amides is 1. The normalized spacial score (nSPS) is 12.8. The smallest absolute Gasteiger partial charge is 0.329 e. The zero-order chi connectivity index (χ0) is 18.1. The monoisotopic (exact) mass is 355 g/mol. The van der Waals surface area contributed by atoms with Crippen LogP contribution in [-0.2, 0) is 20.9 Å². The molecule has 0 spiro atoms. The summed E-state index contributed by atoms with van der Waals surface area (Å²) in [6.45, 7) is 3.51. The Morgan fingerprint density at radius 3 is 2.42 bits per heavy atom. The highest BCUT2D eigenvalue weighted by Crippen LogP contribution is 2.10. The highest BCUT2D eigenvalue weighted by atomic mass is 35.5. The van der Waals surface area contributed by atoms with E-state index in [4.69, 9.17) is 22.1 Å². The second kappa shape index (κ2) is 9.77. The van der Waals surface area contributed by atoms with Gasteiger partial charge in [-0.25, -0.2) is 9.59 Å². The number of hydrogen-bond donors (Lipinski definition) is 3. The van der Waals surface area contributed by atoms with E-state index in [9.17, 15) is 14.4 Å². The van der Waals surface area contributed by atoms with Gasteiger partial charge in [-0.15, -0.1) is 0 Å². The van der Waals surface area contributed by atoms with Crippen LogP contribution in [0.4, 0.5) is 4.79 Å². The number of carbonyl (C=O) groups excluding carboxylic acids is 3. The number of benzene rings is 1. The topological polar surface area (TPSA) is 111 Å². The highest BCUT2D eigenvalue weighted by Gasteiger charge is 2.27. The Hall–Kier alpha value is -2.28. The lowest BCUT2D eigenvalue weighted by molar-refractivity contribution is -0.151. The molecule has 132 valence electrons. The van der Waals surface area contributed by atoms with E-state index in [-0.39, 0.29) is 5.92 Å². The SMILES string of the molecule is CC[C@H](C)[C@H](NC(N)=O)C(=O)OCC(=O)NCc1ccc(Cl)cc1. The third-order valence-corrected chi connectivity index (χ3v) is 3.77. The van der Waals surface area contributed by atoms with Crippen molar-refractivity contribution in [2.24, 2.45) is 11.7 Å². The molecule has 0 saturated heterocycles. The van der Waals surface area contributed by atoms with Crippen molar-refractivity contribution < 1.29 is 19.1 Å². The molecule has 1 aromatic carbocycles. The Labute approximate surface area is 145 Å². The Kier molecular flexibility index (Phi) is 8.05. The Morgan fingerprint density at radius 1 is 1.25 bits per heavy atom. The second-order valence-electron chi connectivity index (χ2n) is 5.38. The van der Waals surface area contributed by atoms with Gasteiger partial charge in [0.05, 0.1) is 0 Å². The molecule has 0 fully saturated rings. The molecule has 2 atom stereocenters. The van der Waals surface area contributed by atoms with Crippen LogP contribution >= 0.6 is 11.6 Å². The van der Waals surface area contributed by atoms with Gasteiger partial charge in [-0.2, -0.15) is 0 Å². The third kappa shape index (κ3) is 6.87. The number of amides is 3. The minimum absolute atomic E-state index is 0.165. The van der Waals surface area contributed by atoms with Crippen molar-refractivity contribution >= 4 is 29.5 Å². The number of hydrogen-bond acceptors (Lipinski definition) is 4. The van der Waals surface area contributed by atoms with Gasteiger partial charge in [0.2, 0.25) is 0 Å². The standard InChI is InChI=1S/C16H22ClN3O4/c1-3-10(2)14(20-16(18)23)15(22)24-9-13(21)19-8-11-4-6-12(17)7-5-11/h4-7,10,14H,3,8-9H2,1-2H3,(H,19,21)(H3,18,20,23)/t10-,14-/m0/s1. The van der Waals surface area contributed by atoms with E-state index >= 15 is 0 Å². The molecule has 0 aliphatic heterocycles. The van der Waals surface area contributed by atoms with Gasteiger partial charge >= 0.3 is 12.0 Å². The molecule has 7 nitrogen and oxygen atoms in total. The first-order chi connectivity index (χ1) is 11.3. The minimum atomic E-state index is -0.878. The molecule has 0 aromatic heterocycles. The van der Waals surface area contributed by atoms with Crippen LogP contribution in [0.15, 0.2) is 24.3 Å². The lowest BCUT2D eigenvalue weighted by Gasteiger charge is -2.21. The molecule has 3 amide bonds. The molecule has 0 unspecified atom stereocenters. The number of carbonyl (C=O) groups is 3. The summed E-state index contributed by atoms with van der Waals surface area (Å²) in [6.07, 6.45) is 0.642. The molecule has 1 aromatic rings. The minimum Gasteiger partial charge on any atom is -0.454 e. The number of urea groups is 1. The fourth-order valence-corrected chi connectivity index (χ4v) is 2.03. The van der Waals surface area contributed by atoms with Crippen molar-refractivity contribution in [3.63, 3.8) is 0 Å². The lowest BCUT2D eigenvalue weighted by Crippen LogP contribution is -2.48. The molecule has 0 aliphatic carbocycles. The quantitative estimate of drug-likeness (QED) is 0.615. The lowest BCUT2D eigenvalue weighted by atomic mass is 9.99. The molecule has 4 N–H and O–H groups in total.